The molecule has 1 amide bonds. The highest BCUT2D eigenvalue weighted by Crippen LogP contribution is 2.27. The topological polar surface area (TPSA) is 84.7 Å². The van der Waals surface area contributed by atoms with Gasteiger partial charge in [0.1, 0.15) is 12.3 Å². The fourth-order valence-corrected chi connectivity index (χ4v) is 3.08. The molecule has 7 heteroatoms. The van der Waals surface area contributed by atoms with E-state index in [0.29, 0.717) is 18.8 Å². The van der Waals surface area contributed by atoms with Crippen LogP contribution in [0.15, 0.2) is 36.4 Å². The number of amides is 1. The highest BCUT2D eigenvalue weighted by Gasteiger charge is 2.28. The lowest BCUT2D eigenvalue weighted by atomic mass is 9.95. The smallest absolute Gasteiger partial charge is 0.410 e. The number of aryl methyl sites for hydroxylation is 1. The maximum absolute atomic E-state index is 12.3. The van der Waals surface area contributed by atoms with Gasteiger partial charge < -0.3 is 14.7 Å². The molecule has 25 heavy (non-hydrogen) atoms. The number of aromatic nitrogens is 2. The summed E-state index contributed by atoms with van der Waals surface area (Å²) in [5.41, 5.74) is 1.81. The van der Waals surface area contributed by atoms with Crippen LogP contribution >= 0.6 is 0 Å². The minimum absolute atomic E-state index is 0.0253. The molecule has 7 nitrogen and oxygen atoms in total. The largest absolute Gasteiger partial charge is 0.477 e. The molecule has 2 aromatic rings. The summed E-state index contributed by atoms with van der Waals surface area (Å²) in [4.78, 5) is 25.2. The summed E-state index contributed by atoms with van der Waals surface area (Å²) in [5, 5.41) is 13.5. The van der Waals surface area contributed by atoms with E-state index in [9.17, 15) is 9.59 Å². The zero-order valence-corrected chi connectivity index (χ0v) is 14.1. The van der Waals surface area contributed by atoms with Crippen LogP contribution < -0.4 is 0 Å². The Morgan fingerprint density at radius 1 is 1.32 bits per heavy atom. The van der Waals surface area contributed by atoms with Crippen molar-refractivity contribution in [3.63, 3.8) is 0 Å². The molecule has 1 aromatic carbocycles. The second kappa shape index (κ2) is 7.38. The molecule has 0 radical (unpaired) electrons. The molecular formula is C18H21N3O4. The molecule has 0 bridgehead atoms. The van der Waals surface area contributed by atoms with Crippen molar-refractivity contribution in [3.05, 3.63) is 53.3 Å². The van der Waals surface area contributed by atoms with Crippen molar-refractivity contribution in [2.75, 3.05) is 13.1 Å². The Kier molecular flexibility index (Phi) is 5.02. The summed E-state index contributed by atoms with van der Waals surface area (Å²) in [6, 6.07) is 11.1. The van der Waals surface area contributed by atoms with Crippen LogP contribution in [0.1, 0.15) is 40.5 Å². The third kappa shape index (κ3) is 3.99. The Morgan fingerprint density at radius 2 is 2.08 bits per heavy atom. The Hall–Kier alpha value is -2.83. The number of carboxylic acids is 1. The molecule has 1 atom stereocenters. The maximum Gasteiger partial charge on any atom is 0.410 e. The average molecular weight is 343 g/mol. The molecule has 1 aromatic heterocycles. The van der Waals surface area contributed by atoms with Gasteiger partial charge in [-0.25, -0.2) is 9.59 Å². The van der Waals surface area contributed by atoms with Gasteiger partial charge in [-0.3, -0.25) is 4.68 Å². The first-order valence-electron chi connectivity index (χ1n) is 8.27. The number of nitrogens with zero attached hydrogens (tertiary/aromatic N) is 3. The zero-order valence-electron chi connectivity index (χ0n) is 14.1. The third-order valence-corrected chi connectivity index (χ3v) is 4.42. The molecule has 132 valence electrons. The second-order valence-corrected chi connectivity index (χ2v) is 6.21. The monoisotopic (exact) mass is 343 g/mol. The summed E-state index contributed by atoms with van der Waals surface area (Å²) in [6.07, 6.45) is 1.37. The van der Waals surface area contributed by atoms with Crippen molar-refractivity contribution < 1.29 is 19.4 Å². The number of hydrogen-bond donors (Lipinski definition) is 1. The van der Waals surface area contributed by atoms with Gasteiger partial charge in [0.25, 0.3) is 0 Å². The van der Waals surface area contributed by atoms with Crippen LogP contribution in [0.4, 0.5) is 4.79 Å². The van der Waals surface area contributed by atoms with E-state index in [1.54, 1.807) is 18.0 Å². The molecule has 0 spiro atoms. The standard InChI is InChI=1S/C18H21N3O4/c1-20-16(17(22)23)10-15(19-20)14-8-5-9-21(11-14)18(24)25-12-13-6-3-2-4-7-13/h2-4,6-7,10,14H,5,8-9,11-12H2,1H3,(H,22,23). The van der Waals surface area contributed by atoms with Gasteiger partial charge in [0.2, 0.25) is 0 Å². The Morgan fingerprint density at radius 3 is 2.76 bits per heavy atom. The molecule has 1 fully saturated rings. The van der Waals surface area contributed by atoms with Crippen molar-refractivity contribution in [2.45, 2.75) is 25.4 Å². The fourth-order valence-electron chi connectivity index (χ4n) is 3.08. The van der Waals surface area contributed by atoms with Crippen LogP contribution in [0.25, 0.3) is 0 Å². The number of rotatable bonds is 4. The summed E-state index contributed by atoms with van der Waals surface area (Å²) >= 11 is 0. The molecule has 1 N–H and O–H groups in total. The van der Waals surface area contributed by atoms with E-state index in [1.165, 1.54) is 4.68 Å². The zero-order chi connectivity index (χ0) is 17.8. The van der Waals surface area contributed by atoms with Crippen LogP contribution in [-0.2, 0) is 18.4 Å². The predicted molar refractivity (Wildman–Crippen MR) is 90.3 cm³/mol. The van der Waals surface area contributed by atoms with Crippen molar-refractivity contribution >= 4 is 12.1 Å². The lowest BCUT2D eigenvalue weighted by molar-refractivity contribution is 0.0684. The molecular weight excluding hydrogens is 322 g/mol. The van der Waals surface area contributed by atoms with Gasteiger partial charge in [0.05, 0.1) is 5.69 Å². The van der Waals surface area contributed by atoms with Crippen LogP contribution in [0.2, 0.25) is 0 Å². The summed E-state index contributed by atoms with van der Waals surface area (Å²) in [7, 11) is 1.61. The van der Waals surface area contributed by atoms with Crippen LogP contribution in [0.5, 0.6) is 0 Å². The van der Waals surface area contributed by atoms with Gasteiger partial charge in [-0.15, -0.1) is 0 Å². The van der Waals surface area contributed by atoms with Crippen LogP contribution in [-0.4, -0.2) is 44.9 Å². The number of carboxylic acid groups (broad SMARTS) is 1. The van der Waals surface area contributed by atoms with Gasteiger partial charge >= 0.3 is 12.1 Å². The van der Waals surface area contributed by atoms with E-state index in [1.807, 2.05) is 30.3 Å². The number of piperidine rings is 1. The summed E-state index contributed by atoms with van der Waals surface area (Å²) in [5.74, 6) is -0.978. The first kappa shape index (κ1) is 17.0. The highest BCUT2D eigenvalue weighted by molar-refractivity contribution is 5.85. The first-order chi connectivity index (χ1) is 12.0. The van der Waals surface area contributed by atoms with E-state index < -0.39 is 5.97 Å². The normalized spacial score (nSPS) is 17.3. The number of benzene rings is 1. The molecule has 1 saturated heterocycles. The second-order valence-electron chi connectivity index (χ2n) is 6.21. The van der Waals surface area contributed by atoms with Crippen molar-refractivity contribution in [2.24, 2.45) is 7.05 Å². The van der Waals surface area contributed by atoms with E-state index in [0.717, 1.165) is 18.4 Å². The van der Waals surface area contributed by atoms with Gasteiger partial charge in [0.15, 0.2) is 0 Å². The highest BCUT2D eigenvalue weighted by atomic mass is 16.6. The van der Waals surface area contributed by atoms with Crippen molar-refractivity contribution in [3.8, 4) is 0 Å². The molecule has 1 unspecified atom stereocenters. The van der Waals surface area contributed by atoms with E-state index in [4.69, 9.17) is 9.84 Å². The lowest BCUT2D eigenvalue weighted by Gasteiger charge is -2.31. The van der Waals surface area contributed by atoms with Crippen molar-refractivity contribution in [1.82, 2.24) is 14.7 Å². The first-order valence-corrected chi connectivity index (χ1v) is 8.27. The number of ether oxygens (including phenoxy) is 1. The van der Waals surface area contributed by atoms with Crippen LogP contribution in [0.3, 0.4) is 0 Å². The maximum atomic E-state index is 12.3. The minimum atomic E-state index is -1.00. The Balaban J connectivity index is 1.61. The van der Waals surface area contributed by atoms with Gasteiger partial charge in [-0.2, -0.15) is 5.10 Å². The van der Waals surface area contributed by atoms with E-state index in [2.05, 4.69) is 5.10 Å². The summed E-state index contributed by atoms with van der Waals surface area (Å²) < 4.78 is 6.75. The third-order valence-electron chi connectivity index (χ3n) is 4.42. The van der Waals surface area contributed by atoms with Crippen LogP contribution in [0, 0.1) is 0 Å². The van der Waals surface area contributed by atoms with Gasteiger partial charge in [-0.1, -0.05) is 30.3 Å². The average Bonchev–Trinajstić information content (AvgIpc) is 3.03. The SMILES string of the molecule is Cn1nc(C2CCCN(C(=O)OCc3ccccc3)C2)cc1C(=O)O. The molecule has 0 aliphatic carbocycles. The molecule has 0 saturated carbocycles. The van der Waals surface area contributed by atoms with Crippen molar-refractivity contribution in [1.29, 1.82) is 0 Å². The molecule has 3 rings (SSSR count). The number of carbonyl (C=O) groups excluding carboxylic acids is 1. The Labute approximate surface area is 145 Å². The minimum Gasteiger partial charge on any atom is -0.477 e. The number of aromatic carboxylic acids is 1. The lowest BCUT2D eigenvalue weighted by Crippen LogP contribution is -2.39. The van der Waals surface area contributed by atoms with E-state index >= 15 is 0 Å². The molecule has 1 aliphatic heterocycles. The van der Waals surface area contributed by atoms with E-state index in [-0.39, 0.29) is 24.3 Å². The number of carbonyl (C=O) groups is 2. The number of likely N-dealkylation sites (tertiary alicyclic amines) is 1. The quantitative estimate of drug-likeness (QED) is 0.922. The van der Waals surface area contributed by atoms with Gasteiger partial charge in [-0.05, 0) is 24.5 Å². The fraction of sp³-hybridized carbons (Fsp3) is 0.389. The molecule has 2 heterocycles. The van der Waals surface area contributed by atoms with Gasteiger partial charge in [0, 0.05) is 26.1 Å². The predicted octanol–water partition coefficient (Wildman–Crippen LogP) is 2.63. The molecule has 1 aliphatic rings. The number of hydrogen-bond acceptors (Lipinski definition) is 4. The summed E-state index contributed by atoms with van der Waals surface area (Å²) in [6.45, 7) is 1.38. The Bertz CT molecular complexity index is 757.